The van der Waals surface area contributed by atoms with E-state index in [1.54, 1.807) is 0 Å². The molecule has 0 aromatic heterocycles. The Morgan fingerprint density at radius 2 is 2.05 bits per heavy atom. The minimum absolute atomic E-state index is 0.00442. The summed E-state index contributed by atoms with van der Waals surface area (Å²) in [6, 6.07) is 3.44. The van der Waals surface area contributed by atoms with Gasteiger partial charge in [0.25, 0.3) is 0 Å². The first-order valence-electron chi connectivity index (χ1n) is 7.12. The highest BCUT2D eigenvalue weighted by Crippen LogP contribution is 2.20. The molecule has 0 aliphatic carbocycles. The predicted molar refractivity (Wildman–Crippen MR) is 80.8 cm³/mol. The summed E-state index contributed by atoms with van der Waals surface area (Å²) in [5.41, 5.74) is 5.24. The summed E-state index contributed by atoms with van der Waals surface area (Å²) in [5, 5.41) is 0. The molecule has 0 radical (unpaired) electrons. The molecule has 21 heavy (non-hydrogen) atoms. The number of piperidine rings is 1. The van der Waals surface area contributed by atoms with Crippen molar-refractivity contribution in [3.8, 4) is 0 Å². The van der Waals surface area contributed by atoms with Crippen LogP contribution in [0.3, 0.4) is 0 Å². The van der Waals surface area contributed by atoms with Gasteiger partial charge in [-0.05, 0) is 63.5 Å². The van der Waals surface area contributed by atoms with Crippen LogP contribution in [-0.2, 0) is 10.0 Å². The Kier molecular flexibility index (Phi) is 5.18. The third kappa shape index (κ3) is 4.39. The molecule has 0 bridgehead atoms. The molecule has 1 aromatic rings. The lowest BCUT2D eigenvalue weighted by Crippen LogP contribution is -2.32. The van der Waals surface area contributed by atoms with Crippen LogP contribution in [0.15, 0.2) is 23.1 Å². The highest BCUT2D eigenvalue weighted by molar-refractivity contribution is 7.89. The molecular formula is C14H22FN3O2S. The Hall–Kier alpha value is -1.18. The zero-order chi connectivity index (χ0) is 15.5. The van der Waals surface area contributed by atoms with Crippen LogP contribution in [0.1, 0.15) is 19.3 Å². The van der Waals surface area contributed by atoms with E-state index in [4.69, 9.17) is 5.73 Å². The Balaban J connectivity index is 1.88. The number of hydrogen-bond donors (Lipinski definition) is 2. The Morgan fingerprint density at radius 1 is 1.38 bits per heavy atom. The van der Waals surface area contributed by atoms with Crippen molar-refractivity contribution in [3.63, 3.8) is 0 Å². The molecule has 118 valence electrons. The van der Waals surface area contributed by atoms with Crippen molar-refractivity contribution in [2.45, 2.75) is 24.2 Å². The lowest BCUT2D eigenvalue weighted by molar-refractivity contribution is 0.213. The first-order valence-corrected chi connectivity index (χ1v) is 8.60. The second kappa shape index (κ2) is 6.72. The molecule has 0 atom stereocenters. The standard InChI is InChI=1S/C14H22FN3O2S/c1-18-8-5-11(6-9-18)4-7-17-21(19,20)12-2-3-13(15)14(16)10-12/h2-3,10-11,17H,4-9,16H2,1H3. The van der Waals surface area contributed by atoms with Crippen LogP contribution in [-0.4, -0.2) is 40.0 Å². The van der Waals surface area contributed by atoms with Gasteiger partial charge in [-0.15, -0.1) is 0 Å². The number of nitrogen functional groups attached to an aromatic ring is 1. The smallest absolute Gasteiger partial charge is 0.240 e. The Labute approximate surface area is 125 Å². The third-order valence-electron chi connectivity index (χ3n) is 3.96. The number of benzene rings is 1. The van der Waals surface area contributed by atoms with Crippen molar-refractivity contribution in [3.05, 3.63) is 24.0 Å². The first kappa shape index (κ1) is 16.2. The van der Waals surface area contributed by atoms with Gasteiger partial charge in [0.15, 0.2) is 0 Å². The number of anilines is 1. The Morgan fingerprint density at radius 3 is 2.67 bits per heavy atom. The van der Waals surface area contributed by atoms with Crippen LogP contribution in [0.5, 0.6) is 0 Å². The molecule has 1 aliphatic rings. The molecular weight excluding hydrogens is 293 g/mol. The molecule has 1 aromatic carbocycles. The first-order chi connectivity index (χ1) is 9.88. The molecule has 1 aliphatic heterocycles. The largest absolute Gasteiger partial charge is 0.396 e. The van der Waals surface area contributed by atoms with Crippen LogP contribution in [0.25, 0.3) is 0 Å². The summed E-state index contributed by atoms with van der Waals surface area (Å²) in [6.07, 6.45) is 3.02. The van der Waals surface area contributed by atoms with E-state index < -0.39 is 15.8 Å². The van der Waals surface area contributed by atoms with Crippen molar-refractivity contribution in [1.82, 2.24) is 9.62 Å². The fourth-order valence-electron chi connectivity index (χ4n) is 2.52. The molecule has 0 saturated carbocycles. The van der Waals surface area contributed by atoms with E-state index in [-0.39, 0.29) is 10.6 Å². The summed E-state index contributed by atoms with van der Waals surface area (Å²) in [7, 11) is -1.52. The molecule has 0 spiro atoms. The summed E-state index contributed by atoms with van der Waals surface area (Å²) < 4.78 is 39.8. The minimum atomic E-state index is -3.62. The number of likely N-dealkylation sites (tertiary alicyclic amines) is 1. The lowest BCUT2D eigenvalue weighted by atomic mass is 9.94. The summed E-state index contributed by atoms with van der Waals surface area (Å²) in [4.78, 5) is 2.28. The maximum absolute atomic E-state index is 13.1. The fourth-order valence-corrected chi connectivity index (χ4v) is 3.60. The van der Waals surface area contributed by atoms with Crippen molar-refractivity contribution < 1.29 is 12.8 Å². The van der Waals surface area contributed by atoms with Gasteiger partial charge in [0, 0.05) is 6.54 Å². The summed E-state index contributed by atoms with van der Waals surface area (Å²) >= 11 is 0. The molecule has 3 N–H and O–H groups in total. The molecule has 7 heteroatoms. The van der Waals surface area contributed by atoms with Gasteiger partial charge >= 0.3 is 0 Å². The normalized spacial score (nSPS) is 18.0. The van der Waals surface area contributed by atoms with E-state index in [9.17, 15) is 12.8 Å². The van der Waals surface area contributed by atoms with Crippen molar-refractivity contribution in [2.24, 2.45) is 5.92 Å². The average Bonchev–Trinajstić information content (AvgIpc) is 2.44. The van der Waals surface area contributed by atoms with E-state index >= 15 is 0 Å². The van der Waals surface area contributed by atoms with Gasteiger partial charge in [0.05, 0.1) is 10.6 Å². The Bertz CT molecular complexity index is 584. The molecule has 0 amide bonds. The number of sulfonamides is 1. The van der Waals surface area contributed by atoms with Gasteiger partial charge in [0.1, 0.15) is 5.82 Å². The lowest BCUT2D eigenvalue weighted by Gasteiger charge is -2.28. The van der Waals surface area contributed by atoms with Crippen molar-refractivity contribution in [1.29, 1.82) is 0 Å². The maximum Gasteiger partial charge on any atom is 0.240 e. The van der Waals surface area contributed by atoms with Crippen LogP contribution < -0.4 is 10.5 Å². The molecule has 1 saturated heterocycles. The van der Waals surface area contributed by atoms with Gasteiger partial charge in [-0.3, -0.25) is 0 Å². The van der Waals surface area contributed by atoms with E-state index in [1.807, 2.05) is 0 Å². The van der Waals surface area contributed by atoms with Gasteiger partial charge in [-0.2, -0.15) is 0 Å². The van der Waals surface area contributed by atoms with Crippen LogP contribution in [0, 0.1) is 11.7 Å². The zero-order valence-electron chi connectivity index (χ0n) is 12.2. The topological polar surface area (TPSA) is 75.4 Å². The third-order valence-corrected chi connectivity index (χ3v) is 5.42. The van der Waals surface area contributed by atoms with Gasteiger partial charge < -0.3 is 10.6 Å². The molecule has 1 fully saturated rings. The fraction of sp³-hybridized carbons (Fsp3) is 0.571. The summed E-state index contributed by atoms with van der Waals surface area (Å²) in [6.45, 7) is 2.52. The molecule has 5 nitrogen and oxygen atoms in total. The van der Waals surface area contributed by atoms with Crippen molar-refractivity contribution >= 4 is 15.7 Å². The predicted octanol–water partition coefficient (Wildman–Crippen LogP) is 1.42. The monoisotopic (exact) mass is 315 g/mol. The summed E-state index contributed by atoms with van der Waals surface area (Å²) in [5.74, 6) is -0.0533. The van der Waals surface area contributed by atoms with Gasteiger partial charge in [-0.25, -0.2) is 17.5 Å². The highest BCUT2D eigenvalue weighted by Gasteiger charge is 2.19. The molecule has 1 heterocycles. The zero-order valence-corrected chi connectivity index (χ0v) is 13.0. The van der Waals surface area contributed by atoms with E-state index in [0.717, 1.165) is 44.5 Å². The average molecular weight is 315 g/mol. The van der Waals surface area contributed by atoms with Gasteiger partial charge in [0.2, 0.25) is 10.0 Å². The molecule has 0 unspecified atom stereocenters. The maximum atomic E-state index is 13.1. The number of nitrogens with one attached hydrogen (secondary N) is 1. The van der Waals surface area contributed by atoms with Crippen molar-refractivity contribution in [2.75, 3.05) is 32.4 Å². The quantitative estimate of drug-likeness (QED) is 0.806. The number of nitrogens with two attached hydrogens (primary N) is 1. The number of hydrogen-bond acceptors (Lipinski definition) is 4. The highest BCUT2D eigenvalue weighted by atomic mass is 32.2. The number of nitrogens with zero attached hydrogens (tertiary/aromatic N) is 1. The number of rotatable bonds is 5. The van der Waals surface area contributed by atoms with E-state index in [2.05, 4.69) is 16.7 Å². The van der Waals surface area contributed by atoms with Gasteiger partial charge in [-0.1, -0.05) is 0 Å². The second-order valence-corrected chi connectivity index (χ2v) is 7.38. The minimum Gasteiger partial charge on any atom is -0.396 e. The van der Waals surface area contributed by atoms with Crippen LogP contribution >= 0.6 is 0 Å². The SMILES string of the molecule is CN1CCC(CCNS(=O)(=O)c2ccc(F)c(N)c2)CC1. The van der Waals surface area contributed by atoms with E-state index in [0.29, 0.717) is 12.5 Å². The molecule has 2 rings (SSSR count). The van der Waals surface area contributed by atoms with Crippen LogP contribution in [0.2, 0.25) is 0 Å². The van der Waals surface area contributed by atoms with E-state index in [1.165, 1.54) is 6.07 Å². The van der Waals surface area contributed by atoms with Crippen LogP contribution in [0.4, 0.5) is 10.1 Å². The number of halogens is 1. The second-order valence-electron chi connectivity index (χ2n) is 5.62.